The van der Waals surface area contributed by atoms with E-state index in [1.54, 1.807) is 14.2 Å². The van der Waals surface area contributed by atoms with Crippen LogP contribution in [0.5, 0.6) is 11.5 Å². The van der Waals surface area contributed by atoms with E-state index < -0.39 is 0 Å². The average Bonchev–Trinajstić information content (AvgIpc) is 2.72. The number of methoxy groups -OCH3 is 2. The van der Waals surface area contributed by atoms with Crippen molar-refractivity contribution in [3.05, 3.63) is 44.7 Å². The lowest BCUT2D eigenvalue weighted by Gasteiger charge is -2.43. The molecule has 2 aliphatic carbocycles. The number of nitrogens with zero attached hydrogens (tertiary/aromatic N) is 1. The number of carbonyl (C=O) groups is 2. The summed E-state index contributed by atoms with van der Waals surface area (Å²) in [4.78, 5) is 28.5. The van der Waals surface area contributed by atoms with Crippen molar-refractivity contribution >= 4 is 27.5 Å². The van der Waals surface area contributed by atoms with Crippen molar-refractivity contribution in [3.63, 3.8) is 0 Å². The second-order valence-corrected chi connectivity index (χ2v) is 8.53. The van der Waals surface area contributed by atoms with Gasteiger partial charge in [-0.05, 0) is 50.3 Å². The Hall–Kier alpha value is -2.08. The minimum atomic E-state index is -0.349. The van der Waals surface area contributed by atoms with Gasteiger partial charge in [0.05, 0.1) is 14.2 Å². The van der Waals surface area contributed by atoms with Gasteiger partial charge in [-0.1, -0.05) is 15.9 Å². The maximum absolute atomic E-state index is 13.2. The van der Waals surface area contributed by atoms with E-state index in [4.69, 9.17) is 9.47 Å². The average molecular weight is 460 g/mol. The molecule has 0 aromatic heterocycles. The number of ether oxygens (including phenoxy) is 2. The lowest BCUT2D eigenvalue weighted by atomic mass is 9.71. The van der Waals surface area contributed by atoms with Crippen LogP contribution >= 0.6 is 15.9 Å². The third-order valence-corrected chi connectivity index (χ3v) is 6.90. The molecule has 4 rings (SSSR count). The van der Waals surface area contributed by atoms with E-state index in [9.17, 15) is 9.59 Å². The highest BCUT2D eigenvalue weighted by atomic mass is 79.9. The number of allylic oxidation sites excluding steroid dienone is 4. The van der Waals surface area contributed by atoms with Gasteiger partial charge < -0.3 is 14.4 Å². The van der Waals surface area contributed by atoms with E-state index in [1.807, 2.05) is 12.1 Å². The van der Waals surface area contributed by atoms with Crippen LogP contribution in [-0.4, -0.2) is 37.2 Å². The Labute approximate surface area is 179 Å². The second kappa shape index (κ2) is 7.98. The van der Waals surface area contributed by atoms with Crippen molar-refractivity contribution in [2.75, 3.05) is 20.8 Å². The number of hydrogen-bond donors (Lipinski definition) is 0. The van der Waals surface area contributed by atoms with Crippen LogP contribution in [0, 0.1) is 0 Å². The van der Waals surface area contributed by atoms with Gasteiger partial charge in [0, 0.05) is 52.3 Å². The zero-order valence-corrected chi connectivity index (χ0v) is 18.7. The fourth-order valence-electron chi connectivity index (χ4n) is 5.00. The van der Waals surface area contributed by atoms with Gasteiger partial charge in [0.25, 0.3) is 0 Å². The van der Waals surface area contributed by atoms with Crippen LogP contribution < -0.4 is 9.47 Å². The first-order valence-corrected chi connectivity index (χ1v) is 11.0. The molecule has 0 N–H and O–H groups in total. The normalized spacial score (nSPS) is 20.1. The number of hydrogen-bond acceptors (Lipinski definition) is 5. The first kappa shape index (κ1) is 20.2. The Morgan fingerprint density at radius 1 is 0.931 bits per heavy atom. The zero-order chi connectivity index (χ0) is 20.7. The van der Waals surface area contributed by atoms with Gasteiger partial charge >= 0.3 is 0 Å². The highest BCUT2D eigenvalue weighted by Gasteiger charge is 2.43. The molecule has 1 aromatic rings. The van der Waals surface area contributed by atoms with E-state index >= 15 is 0 Å². The van der Waals surface area contributed by atoms with Crippen molar-refractivity contribution in [1.82, 2.24) is 4.90 Å². The molecular weight excluding hydrogens is 434 g/mol. The Bertz CT molecular complexity index is 902. The minimum Gasteiger partial charge on any atom is -0.493 e. The molecule has 0 fully saturated rings. The molecule has 1 aliphatic heterocycles. The lowest BCUT2D eigenvalue weighted by molar-refractivity contribution is -0.117. The Morgan fingerprint density at radius 2 is 1.45 bits per heavy atom. The van der Waals surface area contributed by atoms with Gasteiger partial charge in [0.15, 0.2) is 23.1 Å². The summed E-state index contributed by atoms with van der Waals surface area (Å²) in [5, 5.41) is 0. The van der Waals surface area contributed by atoms with Crippen LogP contribution in [0.2, 0.25) is 0 Å². The number of Topliss-reactive ketones (excluding diaryl/α,β-unsaturated/α-hetero) is 2. The standard InChI is InChI=1S/C23H26BrNO4/c1-4-25-15-7-5-9-17(26)22(15)21(23-16(25)8-6-10-18(23)27)13-11-19(28-2)20(29-3)12-14(13)24/h11-12,21H,4-10H2,1-3H3. The maximum atomic E-state index is 13.2. The van der Waals surface area contributed by atoms with Gasteiger partial charge in [0.2, 0.25) is 0 Å². The molecule has 29 heavy (non-hydrogen) atoms. The summed E-state index contributed by atoms with van der Waals surface area (Å²) >= 11 is 3.68. The van der Waals surface area contributed by atoms with E-state index in [0.29, 0.717) is 24.3 Å². The molecule has 0 saturated heterocycles. The lowest BCUT2D eigenvalue weighted by Crippen LogP contribution is -2.39. The molecule has 0 unspecified atom stereocenters. The van der Waals surface area contributed by atoms with E-state index in [0.717, 1.165) is 64.8 Å². The summed E-state index contributed by atoms with van der Waals surface area (Å²) in [7, 11) is 3.20. The van der Waals surface area contributed by atoms with Crippen LogP contribution in [0.1, 0.15) is 56.9 Å². The van der Waals surface area contributed by atoms with Gasteiger partial charge in [0.1, 0.15) is 0 Å². The molecule has 1 aromatic carbocycles. The smallest absolute Gasteiger partial charge is 0.161 e. The zero-order valence-electron chi connectivity index (χ0n) is 17.1. The van der Waals surface area contributed by atoms with Gasteiger partial charge in [-0.2, -0.15) is 0 Å². The predicted octanol–water partition coefficient (Wildman–Crippen LogP) is 4.90. The molecule has 0 amide bonds. The monoisotopic (exact) mass is 459 g/mol. The molecule has 6 heteroatoms. The van der Waals surface area contributed by atoms with E-state index in [-0.39, 0.29) is 17.5 Å². The third kappa shape index (κ3) is 3.21. The Kier molecular flexibility index (Phi) is 5.56. The Balaban J connectivity index is 2.00. The fourth-order valence-corrected chi connectivity index (χ4v) is 5.55. The molecule has 154 valence electrons. The van der Waals surface area contributed by atoms with Crippen LogP contribution in [0.15, 0.2) is 39.1 Å². The summed E-state index contributed by atoms with van der Waals surface area (Å²) in [5.74, 6) is 1.17. The number of halogens is 1. The van der Waals surface area contributed by atoms with Crippen LogP contribution in [-0.2, 0) is 9.59 Å². The van der Waals surface area contributed by atoms with E-state index in [1.165, 1.54) is 0 Å². The van der Waals surface area contributed by atoms with Crippen molar-refractivity contribution in [1.29, 1.82) is 0 Å². The summed E-state index contributed by atoms with van der Waals surface area (Å²) in [6, 6.07) is 3.77. The van der Waals surface area contributed by atoms with Crippen molar-refractivity contribution in [3.8, 4) is 11.5 Å². The van der Waals surface area contributed by atoms with Gasteiger partial charge in [-0.25, -0.2) is 0 Å². The first-order chi connectivity index (χ1) is 14.0. The fraction of sp³-hybridized carbons (Fsp3) is 0.478. The predicted molar refractivity (Wildman–Crippen MR) is 114 cm³/mol. The highest BCUT2D eigenvalue weighted by molar-refractivity contribution is 9.10. The molecule has 0 radical (unpaired) electrons. The molecule has 0 saturated carbocycles. The molecular formula is C23H26BrNO4. The van der Waals surface area contributed by atoms with Crippen molar-refractivity contribution in [2.24, 2.45) is 0 Å². The van der Waals surface area contributed by atoms with Crippen LogP contribution in [0.4, 0.5) is 0 Å². The quantitative estimate of drug-likeness (QED) is 0.640. The molecule has 0 bridgehead atoms. The number of benzene rings is 1. The number of carbonyl (C=O) groups excluding carboxylic acids is 2. The maximum Gasteiger partial charge on any atom is 0.161 e. The summed E-state index contributed by atoms with van der Waals surface area (Å²) < 4.78 is 11.8. The SMILES string of the molecule is CCN1C2=C(C(=O)CCC2)C(c2cc(OC)c(OC)cc2Br)C2=C1CCCC2=O. The van der Waals surface area contributed by atoms with Gasteiger partial charge in [-0.15, -0.1) is 0 Å². The van der Waals surface area contributed by atoms with Gasteiger partial charge in [-0.3, -0.25) is 9.59 Å². The topological polar surface area (TPSA) is 55.8 Å². The minimum absolute atomic E-state index is 0.154. The first-order valence-electron chi connectivity index (χ1n) is 10.2. The molecule has 0 atom stereocenters. The number of ketones is 2. The molecule has 0 spiro atoms. The molecule has 3 aliphatic rings. The molecule has 5 nitrogen and oxygen atoms in total. The third-order valence-electron chi connectivity index (χ3n) is 6.22. The second-order valence-electron chi connectivity index (χ2n) is 7.68. The Morgan fingerprint density at radius 3 is 1.93 bits per heavy atom. The van der Waals surface area contributed by atoms with Crippen LogP contribution in [0.25, 0.3) is 0 Å². The van der Waals surface area contributed by atoms with Crippen LogP contribution in [0.3, 0.4) is 0 Å². The van der Waals surface area contributed by atoms with Crippen molar-refractivity contribution in [2.45, 2.75) is 51.4 Å². The summed E-state index contributed by atoms with van der Waals surface area (Å²) in [5.41, 5.74) is 4.68. The summed E-state index contributed by atoms with van der Waals surface area (Å²) in [6.07, 6.45) is 4.56. The van der Waals surface area contributed by atoms with E-state index in [2.05, 4.69) is 27.8 Å². The highest BCUT2D eigenvalue weighted by Crippen LogP contribution is 2.51. The number of rotatable bonds is 4. The molecule has 1 heterocycles. The van der Waals surface area contributed by atoms with Crippen molar-refractivity contribution < 1.29 is 19.1 Å². The summed E-state index contributed by atoms with van der Waals surface area (Å²) in [6.45, 7) is 2.87. The largest absolute Gasteiger partial charge is 0.493 e.